The summed E-state index contributed by atoms with van der Waals surface area (Å²) in [4.78, 5) is 0. The minimum atomic E-state index is -2.71. The van der Waals surface area contributed by atoms with Crippen LogP contribution in [0.5, 0.6) is 0 Å². The molecule has 0 unspecified atom stereocenters. The van der Waals surface area contributed by atoms with Gasteiger partial charge in [-0.2, -0.15) is 0 Å². The first-order valence-electron chi connectivity index (χ1n) is 5.07. The van der Waals surface area contributed by atoms with Crippen LogP contribution in [0.3, 0.4) is 0 Å². The zero-order valence-electron chi connectivity index (χ0n) is 8.91. The number of sulfone groups is 1. The highest BCUT2D eigenvalue weighted by Gasteiger charge is 2.22. The summed E-state index contributed by atoms with van der Waals surface area (Å²) in [6.45, 7) is 4.98. The molecule has 0 amide bonds. The summed E-state index contributed by atoms with van der Waals surface area (Å²) in [7, 11) is -2.71. The van der Waals surface area contributed by atoms with Gasteiger partial charge < -0.3 is 5.32 Å². The van der Waals surface area contributed by atoms with E-state index in [2.05, 4.69) is 25.2 Å². The molecule has 1 aliphatic heterocycles. The van der Waals surface area contributed by atoms with Crippen LogP contribution in [-0.4, -0.2) is 32.5 Å². The molecule has 1 N–H and O–H groups in total. The first-order chi connectivity index (χ1) is 6.49. The molecule has 0 saturated carbocycles. The molecule has 0 spiro atoms. The lowest BCUT2D eigenvalue weighted by molar-refractivity contribution is 0.482. The number of rotatable bonds is 3. The van der Waals surface area contributed by atoms with Crippen molar-refractivity contribution in [1.82, 2.24) is 5.32 Å². The summed E-state index contributed by atoms with van der Waals surface area (Å²) < 4.78 is 22.3. The summed E-state index contributed by atoms with van der Waals surface area (Å²) in [5.41, 5.74) is 1.29. The zero-order valence-corrected chi connectivity index (χ0v) is 9.73. The van der Waals surface area contributed by atoms with E-state index in [0.717, 1.165) is 19.4 Å². The average Bonchev–Trinajstić information content (AvgIpc) is 2.07. The van der Waals surface area contributed by atoms with E-state index in [0.29, 0.717) is 17.5 Å². The van der Waals surface area contributed by atoms with E-state index in [1.807, 2.05) is 0 Å². The molecule has 0 aromatic carbocycles. The standard InChI is InChI=1S/C10H19NO2S/c1-9(2)3-6-11-10-4-7-14(12,13)8-5-10/h3,10-11H,4-8H2,1-2H3. The van der Waals surface area contributed by atoms with Crippen molar-refractivity contribution in [3.05, 3.63) is 11.6 Å². The smallest absolute Gasteiger partial charge is 0.150 e. The van der Waals surface area contributed by atoms with Gasteiger partial charge in [-0.15, -0.1) is 0 Å². The molecule has 4 heteroatoms. The summed E-state index contributed by atoms with van der Waals surface area (Å²) in [5.74, 6) is 0.693. The maximum atomic E-state index is 11.1. The van der Waals surface area contributed by atoms with Crippen LogP contribution in [0.1, 0.15) is 26.7 Å². The largest absolute Gasteiger partial charge is 0.310 e. The fourth-order valence-corrected chi connectivity index (χ4v) is 3.02. The SMILES string of the molecule is CC(C)=CCNC1CCS(=O)(=O)CC1. The molecule has 0 radical (unpaired) electrons. The van der Waals surface area contributed by atoms with Crippen LogP contribution < -0.4 is 5.32 Å². The molecule has 0 aromatic heterocycles. The quantitative estimate of drug-likeness (QED) is 0.721. The van der Waals surface area contributed by atoms with E-state index in [4.69, 9.17) is 0 Å². The average molecular weight is 217 g/mol. The van der Waals surface area contributed by atoms with Crippen molar-refractivity contribution >= 4 is 9.84 Å². The van der Waals surface area contributed by atoms with Crippen molar-refractivity contribution in [2.24, 2.45) is 0 Å². The molecular formula is C10H19NO2S. The number of allylic oxidation sites excluding steroid dienone is 1. The minimum absolute atomic E-state index is 0.347. The van der Waals surface area contributed by atoms with Gasteiger partial charge in [0.2, 0.25) is 0 Å². The lowest BCUT2D eigenvalue weighted by Crippen LogP contribution is -2.37. The zero-order chi connectivity index (χ0) is 10.6. The Bertz CT molecular complexity index is 288. The van der Waals surface area contributed by atoms with Crippen molar-refractivity contribution in [3.63, 3.8) is 0 Å². The first kappa shape index (κ1) is 11.7. The Hall–Kier alpha value is -0.350. The Kier molecular flexibility index (Phi) is 4.13. The fourth-order valence-electron chi connectivity index (χ4n) is 1.52. The predicted octanol–water partition coefficient (Wildman–Crippen LogP) is 1.12. The molecule has 82 valence electrons. The van der Waals surface area contributed by atoms with Gasteiger partial charge in [0.05, 0.1) is 11.5 Å². The van der Waals surface area contributed by atoms with E-state index >= 15 is 0 Å². The Balaban J connectivity index is 2.26. The second-order valence-electron chi connectivity index (χ2n) is 4.12. The number of nitrogens with one attached hydrogen (secondary N) is 1. The molecule has 0 bridgehead atoms. The lowest BCUT2D eigenvalue weighted by Gasteiger charge is -2.22. The molecular weight excluding hydrogens is 198 g/mol. The summed E-state index contributed by atoms with van der Waals surface area (Å²) >= 11 is 0. The maximum Gasteiger partial charge on any atom is 0.150 e. The lowest BCUT2D eigenvalue weighted by atomic mass is 10.1. The molecule has 1 fully saturated rings. The molecule has 1 aliphatic rings. The fraction of sp³-hybridized carbons (Fsp3) is 0.800. The topological polar surface area (TPSA) is 46.2 Å². The molecule has 1 heterocycles. The predicted molar refractivity (Wildman–Crippen MR) is 59.1 cm³/mol. The molecule has 3 nitrogen and oxygen atoms in total. The summed E-state index contributed by atoms with van der Waals surface area (Å²) in [6, 6.07) is 0.383. The molecule has 14 heavy (non-hydrogen) atoms. The van der Waals surface area contributed by atoms with E-state index in [1.54, 1.807) is 0 Å². The van der Waals surface area contributed by atoms with Gasteiger partial charge in [-0.1, -0.05) is 11.6 Å². The highest BCUT2D eigenvalue weighted by molar-refractivity contribution is 7.91. The third-order valence-electron chi connectivity index (χ3n) is 2.47. The van der Waals surface area contributed by atoms with Gasteiger partial charge in [0.1, 0.15) is 9.84 Å². The molecule has 0 aliphatic carbocycles. The van der Waals surface area contributed by atoms with E-state index < -0.39 is 9.84 Å². The van der Waals surface area contributed by atoms with Gasteiger partial charge in [0.15, 0.2) is 0 Å². The molecule has 1 rings (SSSR count). The Morgan fingerprint density at radius 1 is 1.36 bits per heavy atom. The van der Waals surface area contributed by atoms with Crippen molar-refractivity contribution in [3.8, 4) is 0 Å². The Morgan fingerprint density at radius 2 is 1.93 bits per heavy atom. The number of hydrogen-bond donors (Lipinski definition) is 1. The van der Waals surface area contributed by atoms with Crippen LogP contribution in [0, 0.1) is 0 Å². The highest BCUT2D eigenvalue weighted by Crippen LogP contribution is 2.11. The van der Waals surface area contributed by atoms with Crippen molar-refractivity contribution in [2.75, 3.05) is 18.1 Å². The first-order valence-corrected chi connectivity index (χ1v) is 6.89. The molecule has 0 atom stereocenters. The molecule has 0 aromatic rings. The van der Waals surface area contributed by atoms with Gasteiger partial charge in [-0.05, 0) is 26.7 Å². The van der Waals surface area contributed by atoms with Crippen molar-refractivity contribution in [2.45, 2.75) is 32.7 Å². The van der Waals surface area contributed by atoms with Crippen LogP contribution in [0.25, 0.3) is 0 Å². The van der Waals surface area contributed by atoms with Crippen LogP contribution in [-0.2, 0) is 9.84 Å². The maximum absolute atomic E-state index is 11.1. The van der Waals surface area contributed by atoms with Gasteiger partial charge in [-0.3, -0.25) is 0 Å². The van der Waals surface area contributed by atoms with Crippen molar-refractivity contribution in [1.29, 1.82) is 0 Å². The third kappa shape index (κ3) is 4.24. The van der Waals surface area contributed by atoms with Gasteiger partial charge >= 0.3 is 0 Å². The van der Waals surface area contributed by atoms with Gasteiger partial charge in [0.25, 0.3) is 0 Å². The van der Waals surface area contributed by atoms with E-state index in [9.17, 15) is 8.42 Å². The minimum Gasteiger partial charge on any atom is -0.310 e. The second kappa shape index (κ2) is 4.94. The van der Waals surface area contributed by atoms with Crippen LogP contribution in [0.4, 0.5) is 0 Å². The van der Waals surface area contributed by atoms with Gasteiger partial charge in [-0.25, -0.2) is 8.42 Å². The number of hydrogen-bond acceptors (Lipinski definition) is 3. The van der Waals surface area contributed by atoms with Crippen LogP contribution in [0.15, 0.2) is 11.6 Å². The van der Waals surface area contributed by atoms with E-state index in [1.165, 1.54) is 5.57 Å². The van der Waals surface area contributed by atoms with Crippen molar-refractivity contribution < 1.29 is 8.42 Å². The normalized spacial score (nSPS) is 21.9. The highest BCUT2D eigenvalue weighted by atomic mass is 32.2. The van der Waals surface area contributed by atoms with Crippen LogP contribution >= 0.6 is 0 Å². The Morgan fingerprint density at radius 3 is 2.43 bits per heavy atom. The summed E-state index contributed by atoms with van der Waals surface area (Å²) in [6.07, 6.45) is 3.65. The summed E-state index contributed by atoms with van der Waals surface area (Å²) in [5, 5.41) is 3.35. The third-order valence-corrected chi connectivity index (χ3v) is 4.19. The molecule has 1 saturated heterocycles. The van der Waals surface area contributed by atoms with Crippen LogP contribution in [0.2, 0.25) is 0 Å². The van der Waals surface area contributed by atoms with E-state index in [-0.39, 0.29) is 0 Å². The Labute approximate surface area is 86.5 Å². The monoisotopic (exact) mass is 217 g/mol. The van der Waals surface area contributed by atoms with Gasteiger partial charge in [0, 0.05) is 12.6 Å². The second-order valence-corrected chi connectivity index (χ2v) is 6.42.